The summed E-state index contributed by atoms with van der Waals surface area (Å²) in [5.41, 5.74) is 1.71. The lowest BCUT2D eigenvalue weighted by Crippen LogP contribution is -2.26. The summed E-state index contributed by atoms with van der Waals surface area (Å²) in [6.07, 6.45) is 2.24. The predicted molar refractivity (Wildman–Crippen MR) is 84.5 cm³/mol. The fourth-order valence-corrected chi connectivity index (χ4v) is 3.66. The zero-order valence-corrected chi connectivity index (χ0v) is 13.8. The topological polar surface area (TPSA) is 75.7 Å². The number of hydrogen-bond donors (Lipinski definition) is 1. The molecule has 1 amide bonds. The number of methoxy groups -OCH3 is 1. The highest BCUT2D eigenvalue weighted by Gasteiger charge is 2.24. The average molecular weight is 326 g/mol. The Kier molecular flexibility index (Phi) is 5.55. The normalized spacial score (nSPS) is 14.2. The monoisotopic (exact) mass is 326 g/mol. The third-order valence-corrected chi connectivity index (χ3v) is 5.16. The van der Waals surface area contributed by atoms with Crippen LogP contribution < -0.4 is 9.62 Å². The molecule has 0 radical (unpaired) electrons. The number of anilines is 1. The third kappa shape index (κ3) is 3.85. The van der Waals surface area contributed by atoms with Crippen LogP contribution >= 0.6 is 0 Å². The zero-order valence-electron chi connectivity index (χ0n) is 13.0. The van der Waals surface area contributed by atoms with Gasteiger partial charge in [-0.3, -0.25) is 4.79 Å². The number of sulfonamides is 1. The van der Waals surface area contributed by atoms with E-state index in [4.69, 9.17) is 4.74 Å². The Hall–Kier alpha value is -1.44. The Labute approximate surface area is 131 Å². The van der Waals surface area contributed by atoms with Crippen molar-refractivity contribution >= 4 is 21.6 Å². The van der Waals surface area contributed by atoms with Gasteiger partial charge in [-0.25, -0.2) is 13.1 Å². The Morgan fingerprint density at radius 2 is 2.14 bits per heavy atom. The van der Waals surface area contributed by atoms with Crippen molar-refractivity contribution in [3.8, 4) is 0 Å². The highest BCUT2D eigenvalue weighted by atomic mass is 32.2. The van der Waals surface area contributed by atoms with Crippen LogP contribution in [0.4, 0.5) is 5.69 Å². The summed E-state index contributed by atoms with van der Waals surface area (Å²) >= 11 is 0. The molecule has 1 heterocycles. The van der Waals surface area contributed by atoms with E-state index in [2.05, 4.69) is 4.72 Å². The van der Waals surface area contributed by atoms with Crippen molar-refractivity contribution in [2.45, 2.75) is 31.1 Å². The zero-order chi connectivity index (χ0) is 16.2. The Morgan fingerprint density at radius 3 is 2.82 bits per heavy atom. The highest BCUT2D eigenvalue weighted by molar-refractivity contribution is 7.89. The lowest BCUT2D eigenvalue weighted by Gasteiger charge is -2.15. The summed E-state index contributed by atoms with van der Waals surface area (Å²) in [6, 6.07) is 4.93. The number of unbranched alkanes of at least 4 members (excludes halogenated alkanes) is 1. The van der Waals surface area contributed by atoms with Crippen LogP contribution in [0.25, 0.3) is 0 Å². The van der Waals surface area contributed by atoms with Crippen LogP contribution in [0.5, 0.6) is 0 Å². The number of carbonyl (C=O) groups is 1. The molecule has 1 aromatic carbocycles. The summed E-state index contributed by atoms with van der Waals surface area (Å²) < 4.78 is 32.0. The van der Waals surface area contributed by atoms with Gasteiger partial charge in [0.15, 0.2) is 0 Å². The van der Waals surface area contributed by atoms with Crippen molar-refractivity contribution < 1.29 is 17.9 Å². The van der Waals surface area contributed by atoms with Crippen molar-refractivity contribution in [3.63, 3.8) is 0 Å². The number of carbonyl (C=O) groups excluding carboxylic acids is 1. The molecular formula is C15H22N2O4S. The summed E-state index contributed by atoms with van der Waals surface area (Å²) in [6.45, 7) is 3.14. The molecule has 1 aromatic rings. The molecule has 1 aliphatic rings. The summed E-state index contributed by atoms with van der Waals surface area (Å²) in [5, 5.41) is 0. The number of ether oxygens (including phenoxy) is 1. The molecule has 6 nitrogen and oxygen atoms in total. The lowest BCUT2D eigenvalue weighted by atomic mass is 10.2. The van der Waals surface area contributed by atoms with Gasteiger partial charge >= 0.3 is 0 Å². The molecule has 0 fully saturated rings. The maximum atomic E-state index is 12.3. The second kappa shape index (κ2) is 7.21. The minimum atomic E-state index is -3.50. The average Bonchev–Trinajstić information content (AvgIpc) is 2.90. The van der Waals surface area contributed by atoms with Gasteiger partial charge in [0, 0.05) is 39.4 Å². The minimum absolute atomic E-state index is 0.0226. The molecule has 0 aliphatic carbocycles. The third-order valence-electron chi connectivity index (χ3n) is 3.70. The summed E-state index contributed by atoms with van der Waals surface area (Å²) in [7, 11) is -1.88. The van der Waals surface area contributed by atoms with E-state index >= 15 is 0 Å². The van der Waals surface area contributed by atoms with Crippen molar-refractivity contribution in [3.05, 3.63) is 23.8 Å². The molecule has 0 aromatic heterocycles. The van der Waals surface area contributed by atoms with Crippen molar-refractivity contribution in [2.24, 2.45) is 0 Å². The SMILES string of the molecule is COCCCCNS(=O)(=O)c1ccc2c(c1)CCN2C(C)=O. The van der Waals surface area contributed by atoms with Crippen LogP contribution in [-0.4, -0.2) is 41.1 Å². The number of fused-ring (bicyclic) bond motifs is 1. The first-order valence-electron chi connectivity index (χ1n) is 7.35. The molecular weight excluding hydrogens is 304 g/mol. The number of nitrogens with one attached hydrogen (secondary N) is 1. The molecule has 1 N–H and O–H groups in total. The van der Waals surface area contributed by atoms with Gasteiger partial charge < -0.3 is 9.64 Å². The summed E-state index contributed by atoms with van der Waals surface area (Å²) in [4.78, 5) is 13.4. The first kappa shape index (κ1) is 16.9. The molecule has 22 heavy (non-hydrogen) atoms. The first-order chi connectivity index (χ1) is 10.5. The molecule has 2 rings (SSSR count). The molecule has 0 saturated carbocycles. The second-order valence-electron chi connectivity index (χ2n) is 5.31. The first-order valence-corrected chi connectivity index (χ1v) is 8.83. The maximum absolute atomic E-state index is 12.3. The van der Waals surface area contributed by atoms with Crippen LogP contribution in [0.1, 0.15) is 25.3 Å². The fourth-order valence-electron chi connectivity index (χ4n) is 2.53. The number of amides is 1. The molecule has 0 bridgehead atoms. The smallest absolute Gasteiger partial charge is 0.240 e. The Bertz CT molecular complexity index is 643. The lowest BCUT2D eigenvalue weighted by molar-refractivity contribution is -0.116. The highest BCUT2D eigenvalue weighted by Crippen LogP contribution is 2.30. The van der Waals surface area contributed by atoms with Gasteiger partial charge in [-0.1, -0.05) is 0 Å². The molecule has 0 saturated heterocycles. The van der Waals surface area contributed by atoms with E-state index in [0.717, 1.165) is 24.1 Å². The number of hydrogen-bond acceptors (Lipinski definition) is 4. The largest absolute Gasteiger partial charge is 0.385 e. The van der Waals surface area contributed by atoms with Crippen LogP contribution in [-0.2, 0) is 26.0 Å². The van der Waals surface area contributed by atoms with Crippen molar-refractivity contribution in [1.82, 2.24) is 4.72 Å². The number of benzene rings is 1. The number of nitrogens with zero attached hydrogens (tertiary/aromatic N) is 1. The van der Waals surface area contributed by atoms with E-state index in [0.29, 0.717) is 26.1 Å². The van der Waals surface area contributed by atoms with E-state index in [1.54, 1.807) is 30.2 Å². The van der Waals surface area contributed by atoms with Gasteiger partial charge in [-0.2, -0.15) is 0 Å². The molecule has 0 atom stereocenters. The van der Waals surface area contributed by atoms with Gasteiger partial charge in [-0.15, -0.1) is 0 Å². The predicted octanol–water partition coefficient (Wildman–Crippen LogP) is 1.30. The van der Waals surface area contributed by atoms with E-state index < -0.39 is 10.0 Å². The Balaban J connectivity index is 2.05. The van der Waals surface area contributed by atoms with Crippen LogP contribution in [0, 0.1) is 0 Å². The van der Waals surface area contributed by atoms with Gasteiger partial charge in [0.1, 0.15) is 0 Å². The quantitative estimate of drug-likeness (QED) is 0.766. The fraction of sp³-hybridized carbons (Fsp3) is 0.533. The van der Waals surface area contributed by atoms with Gasteiger partial charge in [-0.05, 0) is 43.0 Å². The molecule has 1 aliphatic heterocycles. The second-order valence-corrected chi connectivity index (χ2v) is 7.08. The molecule has 122 valence electrons. The molecule has 7 heteroatoms. The van der Waals surface area contributed by atoms with Crippen LogP contribution in [0.3, 0.4) is 0 Å². The minimum Gasteiger partial charge on any atom is -0.385 e. The summed E-state index contributed by atoms with van der Waals surface area (Å²) in [5.74, 6) is -0.0226. The van der Waals surface area contributed by atoms with Crippen LogP contribution in [0.15, 0.2) is 23.1 Å². The maximum Gasteiger partial charge on any atom is 0.240 e. The van der Waals surface area contributed by atoms with E-state index in [1.807, 2.05) is 0 Å². The molecule has 0 spiro atoms. The van der Waals surface area contributed by atoms with Gasteiger partial charge in [0.25, 0.3) is 0 Å². The number of rotatable bonds is 7. The van der Waals surface area contributed by atoms with E-state index in [9.17, 15) is 13.2 Å². The Morgan fingerprint density at radius 1 is 1.36 bits per heavy atom. The van der Waals surface area contributed by atoms with Crippen LogP contribution in [0.2, 0.25) is 0 Å². The van der Waals surface area contributed by atoms with Crippen molar-refractivity contribution in [1.29, 1.82) is 0 Å². The van der Waals surface area contributed by atoms with Crippen molar-refractivity contribution in [2.75, 3.05) is 31.7 Å². The molecule has 0 unspecified atom stereocenters. The van der Waals surface area contributed by atoms with E-state index in [-0.39, 0.29) is 10.8 Å². The standard InChI is InChI=1S/C15H22N2O4S/c1-12(18)17-9-7-13-11-14(5-6-15(13)17)22(19,20)16-8-3-4-10-21-2/h5-6,11,16H,3-4,7-10H2,1-2H3. The van der Waals surface area contributed by atoms with E-state index in [1.165, 1.54) is 6.92 Å². The van der Waals surface area contributed by atoms with Gasteiger partial charge in [0.05, 0.1) is 4.90 Å². The van der Waals surface area contributed by atoms with Gasteiger partial charge in [0.2, 0.25) is 15.9 Å².